The van der Waals surface area contributed by atoms with Crippen LogP contribution in [0.2, 0.25) is 5.02 Å². The van der Waals surface area contributed by atoms with Gasteiger partial charge in [-0.1, -0.05) is 35.6 Å². The smallest absolute Gasteiger partial charge is 0.321 e. The zero-order chi connectivity index (χ0) is 18.8. The molecular formula is C21H27ClN2O2. The van der Waals surface area contributed by atoms with Gasteiger partial charge in [0.15, 0.2) is 0 Å². The van der Waals surface area contributed by atoms with E-state index < -0.39 is 11.4 Å². The molecule has 0 unspecified atom stereocenters. The van der Waals surface area contributed by atoms with Crippen LogP contribution >= 0.6 is 11.6 Å². The van der Waals surface area contributed by atoms with Gasteiger partial charge in [0.05, 0.1) is 5.02 Å². The molecule has 2 saturated heterocycles. The topological polar surface area (TPSA) is 52.6 Å². The van der Waals surface area contributed by atoms with Gasteiger partial charge in [-0.3, -0.25) is 9.69 Å². The van der Waals surface area contributed by atoms with Crippen LogP contribution in [0.15, 0.2) is 18.2 Å². The first-order valence-electron chi connectivity index (χ1n) is 9.34. The maximum absolute atomic E-state index is 11.3. The van der Waals surface area contributed by atoms with Gasteiger partial charge >= 0.3 is 5.97 Å². The molecule has 0 radical (unpaired) electrons. The summed E-state index contributed by atoms with van der Waals surface area (Å²) < 4.78 is 0. The Labute approximate surface area is 160 Å². The van der Waals surface area contributed by atoms with Gasteiger partial charge in [0.2, 0.25) is 0 Å². The molecule has 0 bridgehead atoms. The van der Waals surface area contributed by atoms with Crippen LogP contribution in [0.3, 0.4) is 0 Å². The monoisotopic (exact) mass is 374 g/mol. The lowest BCUT2D eigenvalue weighted by Crippen LogP contribution is -2.50. The van der Waals surface area contributed by atoms with Crippen LogP contribution < -0.4 is 5.32 Å². The number of hydrogen-bond donors (Lipinski definition) is 2. The van der Waals surface area contributed by atoms with Gasteiger partial charge in [0, 0.05) is 17.6 Å². The highest BCUT2D eigenvalue weighted by Crippen LogP contribution is 2.38. The number of halogens is 1. The van der Waals surface area contributed by atoms with E-state index in [2.05, 4.69) is 28.1 Å². The predicted octanol–water partition coefficient (Wildman–Crippen LogP) is 3.52. The van der Waals surface area contributed by atoms with E-state index in [1.165, 1.54) is 25.7 Å². The van der Waals surface area contributed by atoms with Crippen LogP contribution in [0.1, 0.15) is 50.7 Å². The lowest BCUT2D eigenvalue weighted by atomic mass is 9.85. The van der Waals surface area contributed by atoms with Gasteiger partial charge < -0.3 is 10.4 Å². The fourth-order valence-electron chi connectivity index (χ4n) is 4.02. The fraction of sp³-hybridized carbons (Fsp3) is 0.571. The summed E-state index contributed by atoms with van der Waals surface area (Å²) in [5.41, 5.74) is 1.05. The molecule has 2 aliphatic heterocycles. The number of carboxylic acid groups (broad SMARTS) is 1. The third kappa shape index (κ3) is 3.91. The summed E-state index contributed by atoms with van der Waals surface area (Å²) in [6, 6.07) is 5.85. The normalized spacial score (nSPS) is 20.0. The SMILES string of the molecule is CC(C)(C#Cc1c(Cl)cccc1CN1CCCC12CCNCC2)C(=O)O. The van der Waals surface area contributed by atoms with Crippen LogP contribution in [0, 0.1) is 17.3 Å². The summed E-state index contributed by atoms with van der Waals surface area (Å²) >= 11 is 6.42. The number of benzene rings is 1. The standard InChI is InChI=1S/C21H27ClN2O2/c1-20(2,19(25)26)9-7-17-16(5-3-6-18(17)22)15-24-14-4-8-21(24)10-12-23-13-11-21/h3,5-6,23H,4,8,10-15H2,1-2H3,(H,25,26). The maximum Gasteiger partial charge on any atom is 0.321 e. The van der Waals surface area contributed by atoms with Crippen molar-refractivity contribution in [3.05, 3.63) is 34.3 Å². The lowest BCUT2D eigenvalue weighted by molar-refractivity contribution is -0.143. The average Bonchev–Trinajstić information content (AvgIpc) is 2.96. The summed E-state index contributed by atoms with van der Waals surface area (Å²) in [7, 11) is 0. The van der Waals surface area contributed by atoms with E-state index in [-0.39, 0.29) is 0 Å². The first-order chi connectivity index (χ1) is 12.3. The highest BCUT2D eigenvalue weighted by Gasteiger charge is 2.41. The Morgan fingerprint density at radius 1 is 1.35 bits per heavy atom. The quantitative estimate of drug-likeness (QED) is 0.795. The van der Waals surface area contributed by atoms with Crippen LogP contribution in [-0.4, -0.2) is 41.1 Å². The first kappa shape index (κ1) is 19.2. The van der Waals surface area contributed by atoms with E-state index in [1.807, 2.05) is 12.1 Å². The zero-order valence-corrected chi connectivity index (χ0v) is 16.3. The molecule has 26 heavy (non-hydrogen) atoms. The van der Waals surface area contributed by atoms with E-state index in [0.717, 1.165) is 37.3 Å². The number of nitrogens with zero attached hydrogens (tertiary/aromatic N) is 1. The Bertz CT molecular complexity index is 742. The minimum Gasteiger partial charge on any atom is -0.480 e. The molecule has 1 aromatic carbocycles. The van der Waals surface area contributed by atoms with Crippen molar-refractivity contribution < 1.29 is 9.90 Å². The summed E-state index contributed by atoms with van der Waals surface area (Å²) in [5.74, 6) is 5.03. The largest absolute Gasteiger partial charge is 0.480 e. The Hall–Kier alpha value is -1.54. The number of piperidine rings is 1. The van der Waals surface area contributed by atoms with E-state index in [0.29, 0.717) is 10.6 Å². The van der Waals surface area contributed by atoms with Crippen molar-refractivity contribution in [2.75, 3.05) is 19.6 Å². The fourth-order valence-corrected chi connectivity index (χ4v) is 4.26. The molecule has 4 nitrogen and oxygen atoms in total. The van der Waals surface area contributed by atoms with Crippen molar-refractivity contribution >= 4 is 17.6 Å². The second-order valence-electron chi connectivity index (χ2n) is 7.95. The Balaban J connectivity index is 1.88. The highest BCUT2D eigenvalue weighted by molar-refractivity contribution is 6.31. The zero-order valence-electron chi connectivity index (χ0n) is 15.6. The molecule has 2 fully saturated rings. The number of carbonyl (C=O) groups is 1. The molecule has 1 spiro atoms. The second kappa shape index (κ2) is 7.60. The van der Waals surface area contributed by atoms with Gasteiger partial charge in [0.25, 0.3) is 0 Å². The lowest BCUT2D eigenvalue weighted by Gasteiger charge is -2.42. The maximum atomic E-state index is 11.3. The summed E-state index contributed by atoms with van der Waals surface area (Å²) in [6.45, 7) is 7.29. The molecule has 2 aliphatic rings. The summed E-state index contributed by atoms with van der Waals surface area (Å²) in [6.07, 6.45) is 4.84. The van der Waals surface area contributed by atoms with E-state index >= 15 is 0 Å². The second-order valence-corrected chi connectivity index (χ2v) is 8.36. The van der Waals surface area contributed by atoms with E-state index in [1.54, 1.807) is 13.8 Å². The number of aliphatic carboxylic acids is 1. The van der Waals surface area contributed by atoms with Crippen molar-refractivity contribution in [2.24, 2.45) is 5.41 Å². The molecule has 2 N–H and O–H groups in total. The molecule has 3 rings (SSSR count). The van der Waals surface area contributed by atoms with Crippen molar-refractivity contribution in [1.82, 2.24) is 10.2 Å². The molecule has 0 amide bonds. The summed E-state index contributed by atoms with van der Waals surface area (Å²) in [5, 5.41) is 13.4. The molecule has 1 aromatic rings. The highest BCUT2D eigenvalue weighted by atomic mass is 35.5. The van der Waals surface area contributed by atoms with Crippen LogP contribution in [0.25, 0.3) is 0 Å². The Morgan fingerprint density at radius 2 is 2.08 bits per heavy atom. The van der Waals surface area contributed by atoms with Crippen LogP contribution in [0.5, 0.6) is 0 Å². The molecule has 0 atom stereocenters. The summed E-state index contributed by atoms with van der Waals surface area (Å²) in [4.78, 5) is 13.9. The third-order valence-electron chi connectivity index (χ3n) is 5.77. The first-order valence-corrected chi connectivity index (χ1v) is 9.72. The van der Waals surface area contributed by atoms with Gasteiger partial charge in [-0.25, -0.2) is 0 Å². The van der Waals surface area contributed by atoms with Crippen LogP contribution in [-0.2, 0) is 11.3 Å². The molecule has 0 aromatic heterocycles. The number of hydrogen-bond acceptors (Lipinski definition) is 3. The van der Waals surface area contributed by atoms with Crippen LogP contribution in [0.4, 0.5) is 0 Å². The Morgan fingerprint density at radius 3 is 2.77 bits per heavy atom. The molecule has 5 heteroatoms. The molecular weight excluding hydrogens is 348 g/mol. The predicted molar refractivity (Wildman–Crippen MR) is 104 cm³/mol. The van der Waals surface area contributed by atoms with Crippen molar-refractivity contribution in [3.8, 4) is 11.8 Å². The molecule has 0 saturated carbocycles. The molecule has 140 valence electrons. The van der Waals surface area contributed by atoms with Gasteiger partial charge in [-0.2, -0.15) is 0 Å². The van der Waals surface area contributed by atoms with Gasteiger partial charge in [-0.15, -0.1) is 0 Å². The number of nitrogens with one attached hydrogen (secondary N) is 1. The minimum atomic E-state index is -1.10. The number of likely N-dealkylation sites (tertiary alicyclic amines) is 1. The minimum absolute atomic E-state index is 0.290. The number of carboxylic acids is 1. The van der Waals surface area contributed by atoms with E-state index in [4.69, 9.17) is 11.6 Å². The Kier molecular flexibility index (Phi) is 5.62. The van der Waals surface area contributed by atoms with Crippen molar-refractivity contribution in [1.29, 1.82) is 0 Å². The van der Waals surface area contributed by atoms with Crippen molar-refractivity contribution in [3.63, 3.8) is 0 Å². The third-order valence-corrected chi connectivity index (χ3v) is 6.09. The molecule has 0 aliphatic carbocycles. The molecule has 2 heterocycles. The van der Waals surface area contributed by atoms with Gasteiger partial charge in [-0.05, 0) is 70.8 Å². The van der Waals surface area contributed by atoms with Crippen molar-refractivity contribution in [2.45, 2.75) is 51.6 Å². The number of rotatable bonds is 3. The average molecular weight is 375 g/mol. The van der Waals surface area contributed by atoms with Gasteiger partial charge in [0.1, 0.15) is 5.41 Å². The van der Waals surface area contributed by atoms with E-state index in [9.17, 15) is 9.90 Å².